The molecule has 0 spiro atoms. The summed E-state index contributed by atoms with van der Waals surface area (Å²) in [6.07, 6.45) is 4.08. The van der Waals surface area contributed by atoms with Crippen LogP contribution in [0.15, 0.2) is 29.2 Å². The van der Waals surface area contributed by atoms with Gasteiger partial charge in [0.1, 0.15) is 0 Å². The van der Waals surface area contributed by atoms with Crippen LogP contribution < -0.4 is 10.6 Å². The Labute approximate surface area is 155 Å². The number of alkyl halides is 3. The Morgan fingerprint density at radius 3 is 2.41 bits per heavy atom. The average molecular weight is 406 g/mol. The van der Waals surface area contributed by atoms with E-state index in [0.717, 1.165) is 37.8 Å². The predicted molar refractivity (Wildman–Crippen MR) is 91.6 cm³/mol. The van der Waals surface area contributed by atoms with E-state index in [9.17, 15) is 31.2 Å². The summed E-state index contributed by atoms with van der Waals surface area (Å²) in [7, 11) is -4.20. The van der Waals surface area contributed by atoms with Crippen molar-refractivity contribution >= 4 is 21.8 Å². The van der Waals surface area contributed by atoms with E-state index in [1.54, 1.807) is 0 Å². The van der Waals surface area contributed by atoms with Gasteiger partial charge in [-0.1, -0.05) is 37.8 Å². The van der Waals surface area contributed by atoms with E-state index in [0.29, 0.717) is 6.42 Å². The number of hydrogen-bond donors (Lipinski definition) is 2. The molecule has 0 heterocycles. The van der Waals surface area contributed by atoms with Crippen LogP contribution in [0.2, 0.25) is 0 Å². The highest BCUT2D eigenvalue weighted by molar-refractivity contribution is 7.92. The second kappa shape index (κ2) is 8.28. The highest BCUT2D eigenvalue weighted by Crippen LogP contribution is 2.36. The minimum Gasteiger partial charge on any atom is -0.341 e. The van der Waals surface area contributed by atoms with Crippen LogP contribution in [0.5, 0.6) is 0 Å². The smallest absolute Gasteiger partial charge is 0.341 e. The fraction of sp³-hybridized carbons (Fsp3) is 0.529. The monoisotopic (exact) mass is 406 g/mol. The minimum atomic E-state index is -5.52. The van der Waals surface area contributed by atoms with Crippen LogP contribution in [0.4, 0.5) is 18.0 Å². The number of urea groups is 1. The molecule has 0 aromatic heterocycles. The molecule has 27 heavy (non-hydrogen) atoms. The summed E-state index contributed by atoms with van der Waals surface area (Å²) in [4.78, 5) is 23.1. The summed E-state index contributed by atoms with van der Waals surface area (Å²) in [6.45, 7) is 0. The van der Waals surface area contributed by atoms with Gasteiger partial charge in [0.15, 0.2) is 0 Å². The Kier molecular flexibility index (Phi) is 6.50. The van der Waals surface area contributed by atoms with Crippen LogP contribution in [0.1, 0.15) is 43.6 Å². The van der Waals surface area contributed by atoms with Gasteiger partial charge in [-0.25, -0.2) is 13.2 Å². The Hall–Kier alpha value is -2.10. The van der Waals surface area contributed by atoms with Gasteiger partial charge in [0.2, 0.25) is 5.91 Å². The second-order valence-corrected chi connectivity index (χ2v) is 8.47. The molecule has 1 aromatic rings. The first-order chi connectivity index (χ1) is 12.6. The van der Waals surface area contributed by atoms with Gasteiger partial charge in [0, 0.05) is 7.05 Å². The lowest BCUT2D eigenvalue weighted by molar-refractivity contribution is -0.121. The predicted octanol–water partition coefficient (Wildman–Crippen LogP) is 3.10. The molecule has 0 radical (unpaired) electrons. The van der Waals surface area contributed by atoms with Crippen molar-refractivity contribution in [2.75, 3.05) is 7.05 Å². The minimum absolute atomic E-state index is 0.133. The molecule has 1 aromatic carbocycles. The van der Waals surface area contributed by atoms with Gasteiger partial charge in [-0.05, 0) is 30.0 Å². The van der Waals surface area contributed by atoms with E-state index in [4.69, 9.17) is 0 Å². The molecule has 2 rings (SSSR count). The SMILES string of the molecule is CNC(=O)NC(=O)C(CC1CCCC1)c1cccc(S(=O)(=O)C(F)(F)F)c1. The van der Waals surface area contributed by atoms with E-state index in [1.807, 2.05) is 0 Å². The molecule has 1 unspecified atom stereocenters. The van der Waals surface area contributed by atoms with Crippen LogP contribution >= 0.6 is 0 Å². The highest BCUT2D eigenvalue weighted by atomic mass is 32.2. The Morgan fingerprint density at radius 2 is 1.85 bits per heavy atom. The lowest BCUT2D eigenvalue weighted by atomic mass is 9.87. The Morgan fingerprint density at radius 1 is 1.22 bits per heavy atom. The van der Waals surface area contributed by atoms with Crippen LogP contribution in [0, 0.1) is 5.92 Å². The van der Waals surface area contributed by atoms with Gasteiger partial charge in [0.05, 0.1) is 10.8 Å². The largest absolute Gasteiger partial charge is 0.501 e. The number of sulfone groups is 1. The van der Waals surface area contributed by atoms with Crippen LogP contribution in [-0.2, 0) is 14.6 Å². The number of carbonyl (C=O) groups is 2. The molecule has 6 nitrogen and oxygen atoms in total. The zero-order chi connectivity index (χ0) is 20.2. The summed E-state index contributed by atoms with van der Waals surface area (Å²) in [5, 5.41) is 4.37. The topological polar surface area (TPSA) is 92.3 Å². The summed E-state index contributed by atoms with van der Waals surface area (Å²) >= 11 is 0. The molecule has 0 aliphatic heterocycles. The highest BCUT2D eigenvalue weighted by Gasteiger charge is 2.47. The maximum absolute atomic E-state index is 12.8. The average Bonchev–Trinajstić information content (AvgIpc) is 3.11. The molecule has 1 aliphatic rings. The number of imide groups is 1. The van der Waals surface area contributed by atoms with E-state index in [-0.39, 0.29) is 11.5 Å². The molecule has 10 heteroatoms. The number of nitrogens with one attached hydrogen (secondary N) is 2. The second-order valence-electron chi connectivity index (χ2n) is 6.53. The molecular formula is C17H21F3N2O4S. The molecular weight excluding hydrogens is 385 g/mol. The fourth-order valence-corrected chi connectivity index (χ4v) is 4.08. The quantitative estimate of drug-likeness (QED) is 0.786. The van der Waals surface area contributed by atoms with Crippen LogP contribution in [-0.4, -0.2) is 32.9 Å². The van der Waals surface area contributed by atoms with Crippen molar-refractivity contribution in [3.63, 3.8) is 0 Å². The maximum atomic E-state index is 12.8. The Bertz CT molecular complexity index is 803. The van der Waals surface area contributed by atoms with Crippen molar-refractivity contribution in [1.29, 1.82) is 0 Å². The fourth-order valence-electron chi connectivity index (χ4n) is 3.27. The number of halogens is 3. The van der Waals surface area contributed by atoms with E-state index in [1.165, 1.54) is 19.2 Å². The molecule has 0 bridgehead atoms. The standard InChI is InChI=1S/C17H21F3N2O4S/c1-21-16(24)22-15(23)14(9-11-5-2-3-6-11)12-7-4-8-13(10-12)27(25,26)17(18,19)20/h4,7-8,10-11,14H,2-3,5-6,9H2,1H3,(H2,21,22,23,24). The van der Waals surface area contributed by atoms with E-state index < -0.39 is 38.1 Å². The first-order valence-corrected chi connectivity index (χ1v) is 9.98. The lowest BCUT2D eigenvalue weighted by Crippen LogP contribution is -2.40. The Balaban J connectivity index is 2.38. The molecule has 2 N–H and O–H groups in total. The van der Waals surface area contributed by atoms with Crippen molar-refractivity contribution in [2.45, 2.75) is 48.4 Å². The number of amides is 3. The van der Waals surface area contributed by atoms with Crippen molar-refractivity contribution in [3.05, 3.63) is 29.8 Å². The molecule has 3 amide bonds. The summed E-state index contributed by atoms with van der Waals surface area (Å²) in [6, 6.07) is 3.54. The number of hydrogen-bond acceptors (Lipinski definition) is 4. The molecule has 1 aliphatic carbocycles. The van der Waals surface area contributed by atoms with E-state index in [2.05, 4.69) is 10.6 Å². The third-order valence-electron chi connectivity index (χ3n) is 4.70. The third kappa shape index (κ3) is 5.00. The number of carbonyl (C=O) groups excluding carboxylic acids is 2. The van der Waals surface area contributed by atoms with Crippen LogP contribution in [0.3, 0.4) is 0 Å². The van der Waals surface area contributed by atoms with Crippen molar-refractivity contribution in [1.82, 2.24) is 10.6 Å². The third-order valence-corrected chi connectivity index (χ3v) is 6.18. The summed E-state index contributed by atoms with van der Waals surface area (Å²) in [5.41, 5.74) is -5.30. The van der Waals surface area contributed by atoms with Crippen molar-refractivity contribution in [3.8, 4) is 0 Å². The molecule has 1 saturated carbocycles. The first kappa shape index (κ1) is 21.2. The molecule has 150 valence electrons. The summed E-state index contributed by atoms with van der Waals surface area (Å²) < 4.78 is 61.9. The maximum Gasteiger partial charge on any atom is 0.501 e. The number of benzene rings is 1. The normalized spacial score (nSPS) is 16.7. The van der Waals surface area contributed by atoms with Gasteiger partial charge in [-0.3, -0.25) is 10.1 Å². The van der Waals surface area contributed by atoms with Crippen LogP contribution in [0.25, 0.3) is 0 Å². The molecule has 1 atom stereocenters. The van der Waals surface area contributed by atoms with Crippen molar-refractivity contribution < 1.29 is 31.2 Å². The molecule has 0 saturated heterocycles. The summed E-state index contributed by atoms with van der Waals surface area (Å²) in [5.74, 6) is -1.41. The van der Waals surface area contributed by atoms with Gasteiger partial charge >= 0.3 is 11.5 Å². The zero-order valence-electron chi connectivity index (χ0n) is 14.7. The first-order valence-electron chi connectivity index (χ1n) is 8.50. The van der Waals surface area contributed by atoms with Gasteiger partial charge in [-0.2, -0.15) is 13.2 Å². The van der Waals surface area contributed by atoms with Gasteiger partial charge in [-0.15, -0.1) is 0 Å². The van der Waals surface area contributed by atoms with E-state index >= 15 is 0 Å². The lowest BCUT2D eigenvalue weighted by Gasteiger charge is -2.21. The molecule has 1 fully saturated rings. The number of rotatable bonds is 5. The zero-order valence-corrected chi connectivity index (χ0v) is 15.5. The van der Waals surface area contributed by atoms with Gasteiger partial charge in [0.25, 0.3) is 9.84 Å². The van der Waals surface area contributed by atoms with Crippen molar-refractivity contribution in [2.24, 2.45) is 5.92 Å². The van der Waals surface area contributed by atoms with Gasteiger partial charge < -0.3 is 5.32 Å².